The molecule has 1 amide bonds. The number of sulfonamides is 1. The van der Waals surface area contributed by atoms with E-state index in [2.05, 4.69) is 6.92 Å². The van der Waals surface area contributed by atoms with Crippen molar-refractivity contribution in [1.82, 2.24) is 9.21 Å². The number of amides is 1. The lowest BCUT2D eigenvalue weighted by Crippen LogP contribution is -2.47. The third-order valence-electron chi connectivity index (χ3n) is 3.94. The van der Waals surface area contributed by atoms with Crippen LogP contribution in [-0.2, 0) is 14.8 Å². The lowest BCUT2D eigenvalue weighted by Gasteiger charge is -2.33. The fraction of sp³-hybridized carbons (Fsp3) is 0.923. The molecule has 112 valence electrons. The Kier molecular flexibility index (Phi) is 5.80. The second kappa shape index (κ2) is 6.70. The van der Waals surface area contributed by atoms with Gasteiger partial charge in [0.2, 0.25) is 15.9 Å². The molecule has 1 unspecified atom stereocenters. The van der Waals surface area contributed by atoms with E-state index in [0.29, 0.717) is 12.3 Å². The predicted molar refractivity (Wildman–Crippen MR) is 76.3 cm³/mol. The van der Waals surface area contributed by atoms with Crippen LogP contribution in [0.3, 0.4) is 0 Å². The van der Waals surface area contributed by atoms with Gasteiger partial charge < -0.3 is 4.90 Å². The predicted octanol–water partition coefficient (Wildman–Crippen LogP) is 1.31. The molecule has 0 bridgehead atoms. The molecule has 5 nitrogen and oxygen atoms in total. The topological polar surface area (TPSA) is 57.7 Å². The Morgan fingerprint density at radius 1 is 1.37 bits per heavy atom. The number of nitrogens with zero attached hydrogens (tertiary/aromatic N) is 2. The van der Waals surface area contributed by atoms with E-state index >= 15 is 0 Å². The molecule has 1 heterocycles. The van der Waals surface area contributed by atoms with E-state index in [1.54, 1.807) is 4.90 Å². The standard InChI is InChI=1S/C13H26N2O3S/c1-5-12(3)15(19(4,17)18)10-13(16)14-8-6-11(2)7-9-14/h11-12H,5-10H2,1-4H3. The molecule has 1 saturated heterocycles. The Labute approximate surface area is 117 Å². The van der Waals surface area contributed by atoms with Crippen LogP contribution in [0.15, 0.2) is 0 Å². The highest BCUT2D eigenvalue weighted by atomic mass is 32.2. The molecule has 0 aliphatic carbocycles. The second-order valence-electron chi connectivity index (χ2n) is 5.63. The highest BCUT2D eigenvalue weighted by Crippen LogP contribution is 2.17. The lowest BCUT2D eigenvalue weighted by molar-refractivity contribution is -0.133. The Hall–Kier alpha value is -0.620. The van der Waals surface area contributed by atoms with Gasteiger partial charge in [-0.25, -0.2) is 8.42 Å². The quantitative estimate of drug-likeness (QED) is 0.767. The van der Waals surface area contributed by atoms with E-state index in [0.717, 1.165) is 25.9 Å². The molecular formula is C13H26N2O3S. The molecule has 6 heteroatoms. The van der Waals surface area contributed by atoms with Gasteiger partial charge in [-0.05, 0) is 32.1 Å². The Bertz CT molecular complexity index is 400. The summed E-state index contributed by atoms with van der Waals surface area (Å²) in [6.45, 7) is 7.42. The molecule has 1 atom stereocenters. The summed E-state index contributed by atoms with van der Waals surface area (Å²) in [5, 5.41) is 0. The van der Waals surface area contributed by atoms with Crippen LogP contribution in [0.4, 0.5) is 0 Å². The maximum absolute atomic E-state index is 12.2. The molecule has 1 rings (SSSR count). The summed E-state index contributed by atoms with van der Waals surface area (Å²) in [4.78, 5) is 14.0. The second-order valence-corrected chi connectivity index (χ2v) is 7.56. The number of hydrogen-bond donors (Lipinski definition) is 0. The van der Waals surface area contributed by atoms with Crippen LogP contribution in [0.1, 0.15) is 40.0 Å². The van der Waals surface area contributed by atoms with Gasteiger partial charge in [0, 0.05) is 19.1 Å². The molecule has 19 heavy (non-hydrogen) atoms. The number of carbonyl (C=O) groups excluding carboxylic acids is 1. The highest BCUT2D eigenvalue weighted by Gasteiger charge is 2.28. The molecule has 1 fully saturated rings. The number of carbonyl (C=O) groups is 1. The zero-order valence-corrected chi connectivity index (χ0v) is 13.2. The zero-order valence-electron chi connectivity index (χ0n) is 12.4. The van der Waals surface area contributed by atoms with Crippen LogP contribution in [0.5, 0.6) is 0 Å². The van der Waals surface area contributed by atoms with Gasteiger partial charge in [-0.15, -0.1) is 0 Å². The van der Waals surface area contributed by atoms with E-state index in [9.17, 15) is 13.2 Å². The molecule has 1 aliphatic rings. The minimum Gasteiger partial charge on any atom is -0.342 e. The first-order valence-electron chi connectivity index (χ1n) is 7.00. The minimum atomic E-state index is -3.33. The largest absolute Gasteiger partial charge is 0.342 e. The average molecular weight is 290 g/mol. The maximum Gasteiger partial charge on any atom is 0.237 e. The van der Waals surface area contributed by atoms with E-state index < -0.39 is 10.0 Å². The molecule has 0 N–H and O–H groups in total. The summed E-state index contributed by atoms with van der Waals surface area (Å²) in [5.74, 6) is 0.585. The fourth-order valence-corrected chi connectivity index (χ4v) is 3.44. The Morgan fingerprint density at radius 3 is 2.32 bits per heavy atom. The summed E-state index contributed by atoms with van der Waals surface area (Å²) in [6, 6.07) is -0.136. The highest BCUT2D eigenvalue weighted by molar-refractivity contribution is 7.88. The summed E-state index contributed by atoms with van der Waals surface area (Å²) in [7, 11) is -3.33. The van der Waals surface area contributed by atoms with Crippen molar-refractivity contribution >= 4 is 15.9 Å². The van der Waals surface area contributed by atoms with Gasteiger partial charge in [-0.3, -0.25) is 4.79 Å². The van der Waals surface area contributed by atoms with Gasteiger partial charge in [0.05, 0.1) is 12.8 Å². The number of hydrogen-bond acceptors (Lipinski definition) is 3. The van der Waals surface area contributed by atoms with E-state index in [-0.39, 0.29) is 18.5 Å². The molecule has 0 aromatic heterocycles. The zero-order chi connectivity index (χ0) is 14.6. The van der Waals surface area contributed by atoms with Crippen LogP contribution in [-0.4, -0.2) is 55.5 Å². The first-order chi connectivity index (χ1) is 8.75. The number of likely N-dealkylation sites (tertiary alicyclic amines) is 1. The number of rotatable bonds is 5. The van der Waals surface area contributed by atoms with Crippen LogP contribution >= 0.6 is 0 Å². The van der Waals surface area contributed by atoms with Crippen LogP contribution in [0, 0.1) is 5.92 Å². The Morgan fingerprint density at radius 2 is 1.89 bits per heavy atom. The third-order valence-corrected chi connectivity index (χ3v) is 5.28. The number of piperidine rings is 1. The first-order valence-corrected chi connectivity index (χ1v) is 8.85. The molecule has 0 aromatic carbocycles. The normalized spacial score (nSPS) is 19.7. The molecular weight excluding hydrogens is 264 g/mol. The molecule has 0 aromatic rings. The van der Waals surface area contributed by atoms with Crippen molar-refractivity contribution < 1.29 is 13.2 Å². The van der Waals surface area contributed by atoms with E-state index in [4.69, 9.17) is 0 Å². The van der Waals surface area contributed by atoms with Crippen molar-refractivity contribution in [2.24, 2.45) is 5.92 Å². The summed E-state index contributed by atoms with van der Waals surface area (Å²) >= 11 is 0. The van der Waals surface area contributed by atoms with Crippen molar-refractivity contribution in [3.05, 3.63) is 0 Å². The monoisotopic (exact) mass is 290 g/mol. The van der Waals surface area contributed by atoms with Gasteiger partial charge in [0.25, 0.3) is 0 Å². The summed E-state index contributed by atoms with van der Waals surface area (Å²) in [6.07, 6.45) is 3.89. The van der Waals surface area contributed by atoms with Gasteiger partial charge in [0.1, 0.15) is 0 Å². The minimum absolute atomic E-state index is 0.0256. The van der Waals surface area contributed by atoms with Crippen molar-refractivity contribution in [3.63, 3.8) is 0 Å². The first kappa shape index (κ1) is 16.4. The maximum atomic E-state index is 12.2. The van der Waals surface area contributed by atoms with Crippen LogP contribution < -0.4 is 0 Å². The van der Waals surface area contributed by atoms with Gasteiger partial charge >= 0.3 is 0 Å². The summed E-state index contributed by atoms with van der Waals surface area (Å²) < 4.78 is 24.8. The molecule has 0 spiro atoms. The van der Waals surface area contributed by atoms with Crippen molar-refractivity contribution in [3.8, 4) is 0 Å². The fourth-order valence-electron chi connectivity index (χ4n) is 2.29. The molecule has 0 saturated carbocycles. The van der Waals surface area contributed by atoms with Crippen molar-refractivity contribution in [1.29, 1.82) is 0 Å². The van der Waals surface area contributed by atoms with E-state index in [1.807, 2.05) is 13.8 Å². The molecule has 0 radical (unpaired) electrons. The smallest absolute Gasteiger partial charge is 0.237 e. The van der Waals surface area contributed by atoms with Crippen molar-refractivity contribution in [2.75, 3.05) is 25.9 Å². The van der Waals surface area contributed by atoms with Crippen LogP contribution in [0.25, 0.3) is 0 Å². The lowest BCUT2D eigenvalue weighted by atomic mass is 9.99. The van der Waals surface area contributed by atoms with Crippen molar-refractivity contribution in [2.45, 2.75) is 46.1 Å². The van der Waals surface area contributed by atoms with Gasteiger partial charge in [-0.2, -0.15) is 4.31 Å². The third kappa shape index (κ3) is 4.76. The SMILES string of the molecule is CCC(C)N(CC(=O)N1CCC(C)CC1)S(C)(=O)=O. The Balaban J connectivity index is 2.67. The van der Waals surface area contributed by atoms with E-state index in [1.165, 1.54) is 10.6 Å². The average Bonchev–Trinajstić information content (AvgIpc) is 2.34. The molecule has 1 aliphatic heterocycles. The van der Waals surface area contributed by atoms with Gasteiger partial charge in [0.15, 0.2) is 0 Å². The van der Waals surface area contributed by atoms with Gasteiger partial charge in [-0.1, -0.05) is 13.8 Å². The van der Waals surface area contributed by atoms with Crippen LogP contribution in [0.2, 0.25) is 0 Å². The summed E-state index contributed by atoms with van der Waals surface area (Å²) in [5.41, 5.74) is 0.